The summed E-state index contributed by atoms with van der Waals surface area (Å²) < 4.78 is 12.1. The van der Waals surface area contributed by atoms with Gasteiger partial charge in [0.05, 0.1) is 10.1 Å². The molecule has 2 aliphatic rings. The molecule has 0 amide bonds. The maximum Gasteiger partial charge on any atom is 0.175 e. The highest BCUT2D eigenvalue weighted by Gasteiger charge is 2.41. The normalized spacial score (nSPS) is 20.6. The van der Waals surface area contributed by atoms with E-state index >= 15 is 0 Å². The van der Waals surface area contributed by atoms with Crippen LogP contribution in [0.2, 0.25) is 0 Å². The van der Waals surface area contributed by atoms with Crippen LogP contribution >= 0.6 is 15.9 Å². The number of hydrogen-bond acceptors (Lipinski definition) is 3. The fourth-order valence-corrected chi connectivity index (χ4v) is 2.40. The highest BCUT2D eigenvalue weighted by Crippen LogP contribution is 2.45. The van der Waals surface area contributed by atoms with Crippen molar-refractivity contribution in [3.8, 4) is 11.5 Å². The predicted molar refractivity (Wildman–Crippen MR) is 63.0 cm³/mol. The lowest BCUT2D eigenvalue weighted by Crippen LogP contribution is -2.19. The van der Waals surface area contributed by atoms with Crippen molar-refractivity contribution >= 4 is 15.9 Å². The second-order valence-electron chi connectivity index (χ2n) is 4.46. The number of ether oxygens (including phenoxy) is 2. The van der Waals surface area contributed by atoms with Crippen molar-refractivity contribution in [3.63, 3.8) is 0 Å². The molecule has 4 heteroatoms. The minimum Gasteiger partial charge on any atom is -0.486 e. The molecule has 1 fully saturated rings. The van der Waals surface area contributed by atoms with Gasteiger partial charge in [0.1, 0.15) is 13.2 Å². The van der Waals surface area contributed by atoms with E-state index in [0.717, 1.165) is 34.4 Å². The van der Waals surface area contributed by atoms with Gasteiger partial charge in [0.2, 0.25) is 0 Å². The SMILES string of the molecule is OC1(Cc2ccc(Br)c3c2OCCO3)CC1. The van der Waals surface area contributed by atoms with E-state index in [9.17, 15) is 5.11 Å². The van der Waals surface area contributed by atoms with Crippen LogP contribution in [0.4, 0.5) is 0 Å². The van der Waals surface area contributed by atoms with E-state index in [0.29, 0.717) is 19.6 Å². The molecular weight excluding hydrogens is 272 g/mol. The molecule has 1 heterocycles. The Bertz CT molecular complexity index is 427. The Hall–Kier alpha value is -0.740. The summed E-state index contributed by atoms with van der Waals surface area (Å²) >= 11 is 3.44. The van der Waals surface area contributed by atoms with Crippen LogP contribution in [0.15, 0.2) is 16.6 Å². The molecule has 86 valence electrons. The zero-order valence-electron chi connectivity index (χ0n) is 8.83. The van der Waals surface area contributed by atoms with Crippen LogP contribution in [0.3, 0.4) is 0 Å². The molecule has 3 rings (SSSR count). The van der Waals surface area contributed by atoms with Gasteiger partial charge in [-0.15, -0.1) is 0 Å². The Morgan fingerprint density at radius 3 is 2.56 bits per heavy atom. The fraction of sp³-hybridized carbons (Fsp3) is 0.500. The van der Waals surface area contributed by atoms with E-state index in [-0.39, 0.29) is 0 Å². The molecule has 3 nitrogen and oxygen atoms in total. The summed E-state index contributed by atoms with van der Waals surface area (Å²) in [6.45, 7) is 1.16. The first-order valence-electron chi connectivity index (χ1n) is 5.47. The minimum atomic E-state index is -0.498. The Balaban J connectivity index is 1.98. The molecule has 0 unspecified atom stereocenters. The number of halogens is 1. The number of aliphatic hydroxyl groups is 1. The van der Waals surface area contributed by atoms with Gasteiger partial charge in [-0.05, 0) is 34.8 Å². The Labute approximate surface area is 102 Å². The second-order valence-corrected chi connectivity index (χ2v) is 5.32. The Morgan fingerprint density at radius 2 is 1.88 bits per heavy atom. The van der Waals surface area contributed by atoms with Crippen molar-refractivity contribution in [2.24, 2.45) is 0 Å². The van der Waals surface area contributed by atoms with Crippen molar-refractivity contribution in [2.75, 3.05) is 13.2 Å². The molecule has 0 saturated heterocycles. The quantitative estimate of drug-likeness (QED) is 0.906. The fourth-order valence-electron chi connectivity index (χ4n) is 1.97. The summed E-state index contributed by atoms with van der Waals surface area (Å²) in [6.07, 6.45) is 2.43. The Kier molecular flexibility index (Phi) is 2.37. The van der Waals surface area contributed by atoms with Crippen LogP contribution in [0.25, 0.3) is 0 Å². The van der Waals surface area contributed by atoms with Crippen molar-refractivity contribution in [2.45, 2.75) is 24.9 Å². The first kappa shape index (κ1) is 10.4. The molecule has 0 radical (unpaired) electrons. The summed E-state index contributed by atoms with van der Waals surface area (Å²) in [5, 5.41) is 9.94. The van der Waals surface area contributed by atoms with E-state index < -0.39 is 5.60 Å². The monoisotopic (exact) mass is 284 g/mol. The Morgan fingerprint density at radius 1 is 1.19 bits per heavy atom. The van der Waals surface area contributed by atoms with Gasteiger partial charge >= 0.3 is 0 Å². The summed E-state index contributed by atoms with van der Waals surface area (Å²) in [5.41, 5.74) is 0.542. The second kappa shape index (κ2) is 3.64. The highest BCUT2D eigenvalue weighted by atomic mass is 79.9. The molecule has 1 aliphatic carbocycles. The van der Waals surface area contributed by atoms with Crippen LogP contribution < -0.4 is 9.47 Å². The summed E-state index contributed by atoms with van der Waals surface area (Å²) in [6, 6.07) is 3.95. The van der Waals surface area contributed by atoms with Gasteiger partial charge < -0.3 is 14.6 Å². The molecule has 1 aliphatic heterocycles. The third kappa shape index (κ3) is 1.80. The van der Waals surface area contributed by atoms with Gasteiger partial charge in [-0.3, -0.25) is 0 Å². The molecule has 0 spiro atoms. The minimum absolute atomic E-state index is 0.498. The average molecular weight is 285 g/mol. The van der Waals surface area contributed by atoms with Crippen molar-refractivity contribution < 1.29 is 14.6 Å². The smallest absolute Gasteiger partial charge is 0.175 e. The zero-order chi connectivity index (χ0) is 11.2. The van der Waals surface area contributed by atoms with E-state index in [1.807, 2.05) is 12.1 Å². The average Bonchev–Trinajstić information content (AvgIpc) is 3.01. The van der Waals surface area contributed by atoms with Crippen LogP contribution in [-0.4, -0.2) is 23.9 Å². The lowest BCUT2D eigenvalue weighted by atomic mass is 10.0. The first-order valence-corrected chi connectivity index (χ1v) is 6.27. The molecule has 1 aromatic rings. The van der Waals surface area contributed by atoms with Gasteiger partial charge in [-0.25, -0.2) is 0 Å². The van der Waals surface area contributed by atoms with Crippen molar-refractivity contribution in [1.82, 2.24) is 0 Å². The van der Waals surface area contributed by atoms with Crippen LogP contribution in [0.5, 0.6) is 11.5 Å². The van der Waals surface area contributed by atoms with Crippen LogP contribution in [-0.2, 0) is 6.42 Å². The largest absolute Gasteiger partial charge is 0.486 e. The number of hydrogen-bond donors (Lipinski definition) is 1. The van der Waals surface area contributed by atoms with Crippen molar-refractivity contribution in [3.05, 3.63) is 22.2 Å². The third-order valence-corrected chi connectivity index (χ3v) is 3.69. The maximum absolute atomic E-state index is 9.94. The lowest BCUT2D eigenvalue weighted by molar-refractivity contribution is 0.143. The number of fused-ring (bicyclic) bond motifs is 1. The molecule has 1 saturated carbocycles. The van der Waals surface area contributed by atoms with Gasteiger partial charge in [0.25, 0.3) is 0 Å². The molecule has 16 heavy (non-hydrogen) atoms. The maximum atomic E-state index is 9.94. The highest BCUT2D eigenvalue weighted by molar-refractivity contribution is 9.10. The van der Waals surface area contributed by atoms with E-state index in [2.05, 4.69) is 15.9 Å². The topological polar surface area (TPSA) is 38.7 Å². The summed E-state index contributed by atoms with van der Waals surface area (Å²) in [4.78, 5) is 0. The van der Waals surface area contributed by atoms with E-state index in [1.165, 1.54) is 0 Å². The van der Waals surface area contributed by atoms with Gasteiger partial charge in [-0.1, -0.05) is 6.07 Å². The summed E-state index contributed by atoms with van der Waals surface area (Å²) in [7, 11) is 0. The molecule has 0 bridgehead atoms. The number of rotatable bonds is 2. The zero-order valence-corrected chi connectivity index (χ0v) is 10.4. The molecular formula is C12H13BrO3. The summed E-state index contributed by atoms with van der Waals surface area (Å²) in [5.74, 6) is 1.56. The third-order valence-electron chi connectivity index (χ3n) is 3.07. The van der Waals surface area contributed by atoms with E-state index in [1.54, 1.807) is 0 Å². The van der Waals surface area contributed by atoms with Crippen LogP contribution in [0, 0.1) is 0 Å². The van der Waals surface area contributed by atoms with Gasteiger partial charge in [0.15, 0.2) is 11.5 Å². The first-order chi connectivity index (χ1) is 7.68. The molecule has 0 aromatic heterocycles. The molecule has 1 N–H and O–H groups in total. The lowest BCUT2D eigenvalue weighted by Gasteiger charge is -2.23. The van der Waals surface area contributed by atoms with Crippen molar-refractivity contribution in [1.29, 1.82) is 0 Å². The number of benzene rings is 1. The van der Waals surface area contributed by atoms with Crippen LogP contribution in [0.1, 0.15) is 18.4 Å². The van der Waals surface area contributed by atoms with Gasteiger partial charge in [-0.2, -0.15) is 0 Å². The molecule has 0 atom stereocenters. The molecule has 1 aromatic carbocycles. The standard InChI is InChI=1S/C12H13BrO3/c13-9-2-1-8(7-12(14)3-4-12)10-11(9)16-6-5-15-10/h1-2,14H,3-7H2. The van der Waals surface area contributed by atoms with Gasteiger partial charge in [0, 0.05) is 12.0 Å². The van der Waals surface area contributed by atoms with E-state index in [4.69, 9.17) is 9.47 Å². The predicted octanol–water partition coefficient (Wildman–Crippen LogP) is 2.29.